The summed E-state index contributed by atoms with van der Waals surface area (Å²) in [5.74, 6) is 0.837. The molecule has 1 N–H and O–H groups in total. The number of halogens is 1. The Bertz CT molecular complexity index is 895. The molecule has 0 spiro atoms. The molecule has 0 unspecified atom stereocenters. The van der Waals surface area contributed by atoms with Crippen LogP contribution < -0.4 is 5.32 Å². The number of hydrogen-bond donors (Lipinski definition) is 1. The third kappa shape index (κ3) is 3.58. The highest BCUT2D eigenvalue weighted by atomic mass is 35.5. The topological polar surface area (TPSA) is 64.7 Å². The molecule has 1 amide bonds. The van der Waals surface area contributed by atoms with Crippen LogP contribution in [-0.4, -0.2) is 31.8 Å². The summed E-state index contributed by atoms with van der Waals surface area (Å²) in [7, 11) is 1.94. The van der Waals surface area contributed by atoms with Gasteiger partial charge in [-0.15, -0.1) is 0 Å². The summed E-state index contributed by atoms with van der Waals surface area (Å²) in [6, 6.07) is 7.30. The number of benzene rings is 1. The Morgan fingerprint density at radius 3 is 2.52 bits per heavy atom. The number of carbonyl (C=O) groups excluding carboxylic acids is 1. The Morgan fingerprint density at radius 1 is 1.24 bits per heavy atom. The molecule has 0 atom stereocenters. The molecular weight excluding hydrogens is 338 g/mol. The predicted molar refractivity (Wildman–Crippen MR) is 97.3 cm³/mol. The molecule has 0 aliphatic heterocycles. The summed E-state index contributed by atoms with van der Waals surface area (Å²) in [5.41, 5.74) is 3.15. The molecule has 6 nitrogen and oxygen atoms in total. The van der Waals surface area contributed by atoms with Crippen LogP contribution in [0.4, 0.5) is 0 Å². The lowest BCUT2D eigenvalue weighted by molar-refractivity contribution is 0.0954. The Balaban J connectivity index is 1.64. The third-order valence-electron chi connectivity index (χ3n) is 4.13. The van der Waals surface area contributed by atoms with Crippen molar-refractivity contribution < 1.29 is 4.79 Å². The molecule has 0 bridgehead atoms. The lowest BCUT2D eigenvalue weighted by Gasteiger charge is -2.08. The number of amides is 1. The van der Waals surface area contributed by atoms with Crippen molar-refractivity contribution in [2.24, 2.45) is 7.05 Å². The highest BCUT2D eigenvalue weighted by molar-refractivity contribution is 6.31. The summed E-state index contributed by atoms with van der Waals surface area (Å²) >= 11 is 6.19. The maximum Gasteiger partial charge on any atom is 0.251 e. The van der Waals surface area contributed by atoms with E-state index in [2.05, 4.69) is 15.4 Å². The fourth-order valence-corrected chi connectivity index (χ4v) is 2.77. The number of hydrogen-bond acceptors (Lipinski definition) is 3. The minimum Gasteiger partial charge on any atom is -0.352 e. The fraction of sp³-hybridized carbons (Fsp3) is 0.278. The second-order valence-electron chi connectivity index (χ2n) is 5.90. The van der Waals surface area contributed by atoms with E-state index in [1.165, 1.54) is 0 Å². The number of nitrogens with one attached hydrogen (secondary N) is 1. The normalized spacial score (nSPS) is 10.9. The van der Waals surface area contributed by atoms with Crippen molar-refractivity contribution in [1.29, 1.82) is 0 Å². The summed E-state index contributed by atoms with van der Waals surface area (Å²) in [6.07, 6.45) is 4.33. The Morgan fingerprint density at radius 2 is 1.96 bits per heavy atom. The molecule has 0 saturated heterocycles. The molecule has 0 saturated carbocycles. The molecule has 0 radical (unpaired) electrons. The number of nitrogens with zero attached hydrogens (tertiary/aromatic N) is 4. The van der Waals surface area contributed by atoms with Crippen molar-refractivity contribution in [3.05, 3.63) is 64.5 Å². The summed E-state index contributed by atoms with van der Waals surface area (Å²) in [4.78, 5) is 16.5. The number of aromatic nitrogens is 4. The van der Waals surface area contributed by atoms with Gasteiger partial charge in [0, 0.05) is 38.0 Å². The average molecular weight is 358 g/mol. The standard InChI is InChI=1S/C18H20ClN5O/c1-12-17(19)13(2)24(22-12)15-6-4-14(5-7-15)18(25)21-9-8-16-20-10-11-23(16)3/h4-7,10-11H,8-9H2,1-3H3,(H,21,25). The van der Waals surface area contributed by atoms with Gasteiger partial charge in [0.25, 0.3) is 5.91 Å². The van der Waals surface area contributed by atoms with E-state index in [1.807, 2.05) is 43.8 Å². The molecule has 2 heterocycles. The molecule has 0 aliphatic rings. The number of rotatable bonds is 5. The number of aryl methyl sites for hydroxylation is 2. The van der Waals surface area contributed by atoms with Gasteiger partial charge in [-0.3, -0.25) is 4.79 Å². The van der Waals surface area contributed by atoms with Crippen molar-refractivity contribution in [3.63, 3.8) is 0 Å². The maximum absolute atomic E-state index is 12.2. The Hall–Kier alpha value is -2.60. The molecule has 25 heavy (non-hydrogen) atoms. The van der Waals surface area contributed by atoms with Crippen LogP contribution in [0.15, 0.2) is 36.7 Å². The van der Waals surface area contributed by atoms with Gasteiger partial charge in [-0.25, -0.2) is 9.67 Å². The lowest BCUT2D eigenvalue weighted by atomic mass is 10.2. The molecule has 0 aliphatic carbocycles. The second kappa shape index (κ2) is 7.11. The maximum atomic E-state index is 12.2. The van der Waals surface area contributed by atoms with Gasteiger partial charge in [-0.05, 0) is 38.1 Å². The van der Waals surface area contributed by atoms with Crippen LogP contribution in [0.5, 0.6) is 0 Å². The van der Waals surface area contributed by atoms with E-state index in [-0.39, 0.29) is 5.91 Å². The van der Waals surface area contributed by atoms with Crippen LogP contribution in [0.1, 0.15) is 27.6 Å². The molecule has 1 aromatic carbocycles. The van der Waals surface area contributed by atoms with E-state index in [9.17, 15) is 4.79 Å². The molecule has 0 fully saturated rings. The lowest BCUT2D eigenvalue weighted by Crippen LogP contribution is -2.26. The Kier molecular flexibility index (Phi) is 4.90. The van der Waals surface area contributed by atoms with E-state index in [0.29, 0.717) is 23.6 Å². The minimum atomic E-state index is -0.104. The van der Waals surface area contributed by atoms with Crippen molar-refractivity contribution in [1.82, 2.24) is 24.6 Å². The van der Waals surface area contributed by atoms with Gasteiger partial charge in [0.15, 0.2) is 0 Å². The first kappa shape index (κ1) is 17.2. The number of imidazole rings is 1. The Labute approximate surface area is 151 Å². The first-order chi connectivity index (χ1) is 12.0. The van der Waals surface area contributed by atoms with Crippen molar-refractivity contribution in [2.45, 2.75) is 20.3 Å². The first-order valence-corrected chi connectivity index (χ1v) is 8.41. The van der Waals surface area contributed by atoms with Crippen molar-refractivity contribution >= 4 is 17.5 Å². The van der Waals surface area contributed by atoms with Gasteiger partial charge >= 0.3 is 0 Å². The monoisotopic (exact) mass is 357 g/mol. The molecule has 130 valence electrons. The zero-order valence-electron chi connectivity index (χ0n) is 14.5. The average Bonchev–Trinajstić information content (AvgIpc) is 3.13. The smallest absolute Gasteiger partial charge is 0.251 e. The van der Waals surface area contributed by atoms with E-state index >= 15 is 0 Å². The summed E-state index contributed by atoms with van der Waals surface area (Å²) in [5, 5.41) is 7.99. The van der Waals surface area contributed by atoms with Crippen LogP contribution in [0.3, 0.4) is 0 Å². The van der Waals surface area contributed by atoms with E-state index in [0.717, 1.165) is 22.9 Å². The largest absolute Gasteiger partial charge is 0.352 e. The molecule has 7 heteroatoms. The summed E-state index contributed by atoms with van der Waals surface area (Å²) in [6.45, 7) is 4.33. The molecule has 3 rings (SSSR count). The van der Waals surface area contributed by atoms with Crippen molar-refractivity contribution in [2.75, 3.05) is 6.54 Å². The zero-order chi connectivity index (χ0) is 18.0. The molecule has 3 aromatic rings. The van der Waals surface area contributed by atoms with Gasteiger partial charge in [0.2, 0.25) is 0 Å². The van der Waals surface area contributed by atoms with Crippen LogP contribution in [0.2, 0.25) is 5.02 Å². The number of carbonyl (C=O) groups is 1. The van der Waals surface area contributed by atoms with Crippen molar-refractivity contribution in [3.8, 4) is 5.69 Å². The van der Waals surface area contributed by atoms with Gasteiger partial charge in [0.05, 0.1) is 22.1 Å². The highest BCUT2D eigenvalue weighted by Gasteiger charge is 2.11. The minimum absolute atomic E-state index is 0.104. The second-order valence-corrected chi connectivity index (χ2v) is 6.28. The molecular formula is C18H20ClN5O. The highest BCUT2D eigenvalue weighted by Crippen LogP contribution is 2.22. The van der Waals surface area contributed by atoms with Gasteiger partial charge in [-0.1, -0.05) is 11.6 Å². The van der Waals surface area contributed by atoms with E-state index in [1.54, 1.807) is 23.0 Å². The van der Waals surface area contributed by atoms with Gasteiger partial charge in [-0.2, -0.15) is 5.10 Å². The van der Waals surface area contributed by atoms with Crippen LogP contribution in [0, 0.1) is 13.8 Å². The summed E-state index contributed by atoms with van der Waals surface area (Å²) < 4.78 is 3.72. The van der Waals surface area contributed by atoms with Gasteiger partial charge < -0.3 is 9.88 Å². The predicted octanol–water partition coefficient (Wildman–Crippen LogP) is 2.85. The third-order valence-corrected chi connectivity index (χ3v) is 4.68. The first-order valence-electron chi connectivity index (χ1n) is 8.04. The quantitative estimate of drug-likeness (QED) is 0.763. The van der Waals surface area contributed by atoms with Crippen LogP contribution in [-0.2, 0) is 13.5 Å². The molecule has 2 aromatic heterocycles. The van der Waals surface area contributed by atoms with E-state index in [4.69, 9.17) is 11.6 Å². The zero-order valence-corrected chi connectivity index (χ0v) is 15.2. The van der Waals surface area contributed by atoms with Crippen LogP contribution in [0.25, 0.3) is 5.69 Å². The fourth-order valence-electron chi connectivity index (χ4n) is 2.66. The van der Waals surface area contributed by atoms with Gasteiger partial charge in [0.1, 0.15) is 5.82 Å². The van der Waals surface area contributed by atoms with Crippen LogP contribution >= 0.6 is 11.6 Å². The SMILES string of the molecule is Cc1nn(-c2ccc(C(=O)NCCc3nccn3C)cc2)c(C)c1Cl. The van der Waals surface area contributed by atoms with E-state index < -0.39 is 0 Å².